The van der Waals surface area contributed by atoms with Crippen molar-refractivity contribution < 1.29 is 29.0 Å². The largest absolute Gasteiger partial charge is 0.477 e. The fourth-order valence-corrected chi connectivity index (χ4v) is 3.25. The number of rotatable bonds is 4. The van der Waals surface area contributed by atoms with Crippen LogP contribution < -0.4 is 0 Å². The van der Waals surface area contributed by atoms with Gasteiger partial charge < -0.3 is 14.6 Å². The molecule has 1 fully saturated rings. The van der Waals surface area contributed by atoms with Crippen LogP contribution in [0.25, 0.3) is 0 Å². The molecule has 30 heavy (non-hydrogen) atoms. The summed E-state index contributed by atoms with van der Waals surface area (Å²) in [5.74, 6) is -1.31. The van der Waals surface area contributed by atoms with Gasteiger partial charge >= 0.3 is 18.2 Å². The van der Waals surface area contributed by atoms with E-state index in [1.54, 1.807) is 20.8 Å². The summed E-state index contributed by atoms with van der Waals surface area (Å²) in [7, 11) is 0. The number of hydrogen-bond donors (Lipinski definition) is 1. The van der Waals surface area contributed by atoms with Gasteiger partial charge in [0.15, 0.2) is 5.69 Å². The van der Waals surface area contributed by atoms with Crippen molar-refractivity contribution in [3.05, 3.63) is 53.3 Å². The summed E-state index contributed by atoms with van der Waals surface area (Å²) in [5, 5.41) is 13.6. The molecule has 1 aromatic heterocycles. The molecule has 2 aromatic rings. The van der Waals surface area contributed by atoms with Crippen molar-refractivity contribution >= 4 is 18.2 Å². The zero-order chi connectivity index (χ0) is 21.9. The molecule has 9 nitrogen and oxygen atoms in total. The molecule has 1 saturated heterocycles. The highest BCUT2D eigenvalue weighted by molar-refractivity contribution is 5.90. The highest BCUT2D eigenvalue weighted by Crippen LogP contribution is 2.32. The van der Waals surface area contributed by atoms with E-state index in [-0.39, 0.29) is 12.3 Å². The second-order valence-electron chi connectivity index (χ2n) is 8.04. The SMILES string of the molecule is CC(C)(C)OC(=O)n1nc(C2CCCN2C(=O)OCc2ccccc2)cc1C(=O)O. The van der Waals surface area contributed by atoms with Crippen LogP contribution in [0, 0.1) is 0 Å². The van der Waals surface area contributed by atoms with Gasteiger partial charge in [-0.15, -0.1) is 0 Å². The predicted octanol–water partition coefficient (Wildman–Crippen LogP) is 3.84. The average molecular weight is 415 g/mol. The average Bonchev–Trinajstić information content (AvgIpc) is 3.32. The molecule has 1 atom stereocenters. The maximum Gasteiger partial charge on any atom is 0.436 e. The van der Waals surface area contributed by atoms with E-state index in [0.717, 1.165) is 10.2 Å². The van der Waals surface area contributed by atoms with Crippen molar-refractivity contribution in [2.75, 3.05) is 6.54 Å². The zero-order valence-electron chi connectivity index (χ0n) is 17.2. The van der Waals surface area contributed by atoms with Gasteiger partial charge in [0.2, 0.25) is 0 Å². The summed E-state index contributed by atoms with van der Waals surface area (Å²) in [6, 6.07) is 10.1. The highest BCUT2D eigenvalue weighted by Gasteiger charge is 2.35. The molecule has 1 unspecified atom stereocenters. The second-order valence-corrected chi connectivity index (χ2v) is 8.04. The van der Waals surface area contributed by atoms with Crippen LogP contribution in [0.5, 0.6) is 0 Å². The third-order valence-electron chi connectivity index (χ3n) is 4.55. The summed E-state index contributed by atoms with van der Waals surface area (Å²) in [6.45, 7) is 5.63. The van der Waals surface area contributed by atoms with Crippen molar-refractivity contribution in [1.29, 1.82) is 0 Å². The third-order valence-corrected chi connectivity index (χ3v) is 4.55. The number of nitrogens with zero attached hydrogens (tertiary/aromatic N) is 3. The fraction of sp³-hybridized carbons (Fsp3) is 0.429. The molecule has 1 N–H and O–H groups in total. The Bertz CT molecular complexity index is 932. The van der Waals surface area contributed by atoms with E-state index in [9.17, 15) is 19.5 Å². The van der Waals surface area contributed by atoms with Crippen LogP contribution in [0.2, 0.25) is 0 Å². The molecule has 2 heterocycles. The van der Waals surface area contributed by atoms with Crippen molar-refractivity contribution in [3.8, 4) is 0 Å². The van der Waals surface area contributed by atoms with Crippen LogP contribution in [0.1, 0.15) is 61.4 Å². The number of carboxylic acids is 1. The monoisotopic (exact) mass is 415 g/mol. The first-order valence-corrected chi connectivity index (χ1v) is 9.69. The van der Waals surface area contributed by atoms with Crippen molar-refractivity contribution in [2.24, 2.45) is 0 Å². The first kappa shape index (κ1) is 21.4. The van der Waals surface area contributed by atoms with Crippen LogP contribution in [0.15, 0.2) is 36.4 Å². The Kier molecular flexibility index (Phi) is 6.09. The van der Waals surface area contributed by atoms with E-state index in [0.29, 0.717) is 25.1 Å². The molecule has 1 amide bonds. The topological polar surface area (TPSA) is 111 Å². The number of ether oxygens (including phenoxy) is 2. The van der Waals surface area contributed by atoms with Crippen LogP contribution in [-0.2, 0) is 16.1 Å². The Morgan fingerprint density at radius 2 is 1.87 bits per heavy atom. The zero-order valence-corrected chi connectivity index (χ0v) is 17.2. The minimum atomic E-state index is -1.31. The maximum absolute atomic E-state index is 12.6. The molecule has 0 radical (unpaired) electrons. The lowest BCUT2D eigenvalue weighted by Crippen LogP contribution is -2.32. The van der Waals surface area contributed by atoms with Gasteiger partial charge in [0.05, 0.1) is 11.7 Å². The smallest absolute Gasteiger partial charge is 0.436 e. The van der Waals surface area contributed by atoms with Gasteiger partial charge in [-0.05, 0) is 45.2 Å². The summed E-state index contributed by atoms with van der Waals surface area (Å²) in [6.07, 6.45) is -0.0927. The van der Waals surface area contributed by atoms with Gasteiger partial charge in [0, 0.05) is 6.54 Å². The normalized spacial score (nSPS) is 16.4. The van der Waals surface area contributed by atoms with Crippen LogP contribution in [0.4, 0.5) is 9.59 Å². The summed E-state index contributed by atoms with van der Waals surface area (Å²) >= 11 is 0. The number of hydrogen-bond acceptors (Lipinski definition) is 6. The summed E-state index contributed by atoms with van der Waals surface area (Å²) < 4.78 is 11.4. The first-order valence-electron chi connectivity index (χ1n) is 9.69. The molecule has 1 aliphatic rings. The third kappa shape index (κ3) is 4.97. The van der Waals surface area contributed by atoms with E-state index >= 15 is 0 Å². The first-order chi connectivity index (χ1) is 14.2. The van der Waals surface area contributed by atoms with Gasteiger partial charge in [-0.2, -0.15) is 9.78 Å². The molecule has 160 valence electrons. The van der Waals surface area contributed by atoms with Gasteiger partial charge in [-0.1, -0.05) is 30.3 Å². The second kappa shape index (κ2) is 8.56. The van der Waals surface area contributed by atoms with Gasteiger partial charge in [-0.3, -0.25) is 4.90 Å². The highest BCUT2D eigenvalue weighted by atomic mass is 16.6. The van der Waals surface area contributed by atoms with Crippen LogP contribution in [-0.4, -0.2) is 50.1 Å². The van der Waals surface area contributed by atoms with Crippen molar-refractivity contribution in [1.82, 2.24) is 14.7 Å². The van der Waals surface area contributed by atoms with Gasteiger partial charge in [-0.25, -0.2) is 14.4 Å². The van der Waals surface area contributed by atoms with E-state index in [1.165, 1.54) is 11.0 Å². The number of carboxylic acid groups (broad SMARTS) is 1. The predicted molar refractivity (Wildman–Crippen MR) is 106 cm³/mol. The Morgan fingerprint density at radius 1 is 1.17 bits per heavy atom. The minimum Gasteiger partial charge on any atom is -0.477 e. The number of carbonyl (C=O) groups is 3. The molecule has 0 aliphatic carbocycles. The summed E-state index contributed by atoms with van der Waals surface area (Å²) in [4.78, 5) is 38.1. The number of likely N-dealkylation sites (tertiary alicyclic amines) is 1. The van der Waals surface area contributed by atoms with E-state index in [1.807, 2.05) is 30.3 Å². The molecule has 0 bridgehead atoms. The van der Waals surface area contributed by atoms with Crippen LogP contribution >= 0.6 is 0 Å². The number of amides is 1. The molecule has 0 spiro atoms. The summed E-state index contributed by atoms with van der Waals surface area (Å²) in [5.41, 5.74) is 0.0553. The van der Waals surface area contributed by atoms with Crippen molar-refractivity contribution in [3.63, 3.8) is 0 Å². The number of aromatic nitrogens is 2. The van der Waals surface area contributed by atoms with Crippen LogP contribution in [0.3, 0.4) is 0 Å². The standard InChI is InChI=1S/C21H25N3O6/c1-21(2,3)30-20(28)24-17(18(25)26)12-15(22-24)16-10-7-11-23(16)19(27)29-13-14-8-5-4-6-9-14/h4-6,8-9,12,16H,7,10-11,13H2,1-3H3,(H,25,26). The molecule has 1 aliphatic heterocycles. The van der Waals surface area contributed by atoms with E-state index in [4.69, 9.17) is 9.47 Å². The lowest BCUT2D eigenvalue weighted by molar-refractivity contribution is 0.0481. The number of aromatic carboxylic acids is 1. The Hall–Kier alpha value is -3.36. The lowest BCUT2D eigenvalue weighted by atomic mass is 10.1. The quantitative estimate of drug-likeness (QED) is 0.807. The molecule has 0 saturated carbocycles. The Balaban J connectivity index is 1.78. The molecular weight excluding hydrogens is 390 g/mol. The van der Waals surface area contributed by atoms with Crippen molar-refractivity contribution in [2.45, 2.75) is 51.9 Å². The molecule has 1 aromatic carbocycles. The minimum absolute atomic E-state index is 0.135. The maximum atomic E-state index is 12.6. The van der Waals surface area contributed by atoms with E-state index < -0.39 is 29.8 Å². The van der Waals surface area contributed by atoms with Gasteiger partial charge in [0.1, 0.15) is 12.2 Å². The van der Waals surface area contributed by atoms with Gasteiger partial charge in [0.25, 0.3) is 0 Å². The molecule has 9 heteroatoms. The number of carbonyl (C=O) groups excluding carboxylic acids is 2. The number of benzene rings is 1. The molecule has 3 rings (SSSR count). The van der Waals surface area contributed by atoms with E-state index in [2.05, 4.69) is 5.10 Å². The fourth-order valence-electron chi connectivity index (χ4n) is 3.25. The molecular formula is C21H25N3O6. The Labute approximate surface area is 174 Å². The lowest BCUT2D eigenvalue weighted by Gasteiger charge is -2.22. The Morgan fingerprint density at radius 3 is 2.50 bits per heavy atom.